The van der Waals surface area contributed by atoms with Gasteiger partial charge in [0.1, 0.15) is 0 Å². The molecule has 1 N–H and O–H groups in total. The molecule has 17 heavy (non-hydrogen) atoms. The van der Waals surface area contributed by atoms with Crippen LogP contribution in [0.4, 0.5) is 0 Å². The number of benzene rings is 1. The van der Waals surface area contributed by atoms with E-state index >= 15 is 0 Å². The predicted molar refractivity (Wildman–Crippen MR) is 67.4 cm³/mol. The van der Waals surface area contributed by atoms with Crippen molar-refractivity contribution >= 4 is 5.97 Å². The highest BCUT2D eigenvalue weighted by molar-refractivity contribution is 5.91. The number of piperidine rings is 1. The van der Waals surface area contributed by atoms with Crippen LogP contribution in [0.25, 0.3) is 0 Å². The molecule has 0 radical (unpaired) electrons. The zero-order chi connectivity index (χ0) is 12.3. The Kier molecular flexibility index (Phi) is 3.79. The number of hydrogen-bond donors (Lipinski definition) is 1. The fourth-order valence-electron chi connectivity index (χ4n) is 2.42. The van der Waals surface area contributed by atoms with Crippen molar-refractivity contribution in [2.45, 2.75) is 25.7 Å². The number of nitrogens with one attached hydrogen (secondary N) is 1. The minimum Gasteiger partial charge on any atom is -0.465 e. The Morgan fingerprint density at radius 2 is 2.29 bits per heavy atom. The second-order valence-electron chi connectivity index (χ2n) is 4.61. The quantitative estimate of drug-likeness (QED) is 0.796. The number of methoxy groups -OCH3 is 1. The maximum absolute atomic E-state index is 11.5. The molecule has 1 aliphatic heterocycles. The standard InChI is InChI=1S/C14H19NO2/c1-10-8-11(12-4-3-7-15-9-12)5-6-13(10)14(16)17-2/h5-6,8,12,15H,3-4,7,9H2,1-2H3. The molecule has 1 atom stereocenters. The van der Waals surface area contributed by atoms with Crippen LogP contribution >= 0.6 is 0 Å². The van der Waals surface area contributed by atoms with Gasteiger partial charge in [0, 0.05) is 6.54 Å². The molecule has 92 valence electrons. The lowest BCUT2D eigenvalue weighted by atomic mass is 9.90. The lowest BCUT2D eigenvalue weighted by Crippen LogP contribution is -2.28. The Morgan fingerprint density at radius 3 is 2.88 bits per heavy atom. The summed E-state index contributed by atoms with van der Waals surface area (Å²) in [6.45, 7) is 4.12. The molecule has 0 amide bonds. The topological polar surface area (TPSA) is 38.3 Å². The van der Waals surface area contributed by atoms with Crippen molar-refractivity contribution in [3.8, 4) is 0 Å². The number of carbonyl (C=O) groups is 1. The van der Waals surface area contributed by atoms with Gasteiger partial charge in [-0.05, 0) is 49.4 Å². The van der Waals surface area contributed by atoms with E-state index in [1.807, 2.05) is 13.0 Å². The molecular formula is C14H19NO2. The molecule has 1 aromatic rings. The summed E-state index contributed by atoms with van der Waals surface area (Å²) in [5.74, 6) is 0.324. The van der Waals surface area contributed by atoms with Crippen molar-refractivity contribution in [1.29, 1.82) is 0 Å². The van der Waals surface area contributed by atoms with E-state index in [-0.39, 0.29) is 5.97 Å². The van der Waals surface area contributed by atoms with E-state index in [1.165, 1.54) is 25.5 Å². The Labute approximate surface area is 102 Å². The average Bonchev–Trinajstić information content (AvgIpc) is 2.39. The number of aryl methyl sites for hydroxylation is 1. The molecule has 1 unspecified atom stereocenters. The molecular weight excluding hydrogens is 214 g/mol. The van der Waals surface area contributed by atoms with Crippen LogP contribution in [0.3, 0.4) is 0 Å². The first kappa shape index (κ1) is 12.1. The van der Waals surface area contributed by atoms with E-state index in [2.05, 4.69) is 17.4 Å². The van der Waals surface area contributed by atoms with Crippen molar-refractivity contribution in [2.75, 3.05) is 20.2 Å². The van der Waals surface area contributed by atoms with Crippen LogP contribution < -0.4 is 5.32 Å². The minimum absolute atomic E-state index is 0.254. The fourth-order valence-corrected chi connectivity index (χ4v) is 2.42. The summed E-state index contributed by atoms with van der Waals surface area (Å²) in [6.07, 6.45) is 2.45. The smallest absolute Gasteiger partial charge is 0.338 e. The molecule has 0 saturated carbocycles. The van der Waals surface area contributed by atoms with Crippen LogP contribution in [0.15, 0.2) is 18.2 Å². The van der Waals surface area contributed by atoms with Gasteiger partial charge in [0.15, 0.2) is 0 Å². The van der Waals surface area contributed by atoms with Crippen LogP contribution in [0.1, 0.15) is 40.2 Å². The third-order valence-electron chi connectivity index (χ3n) is 3.42. The van der Waals surface area contributed by atoms with Gasteiger partial charge < -0.3 is 10.1 Å². The summed E-state index contributed by atoms with van der Waals surface area (Å²) in [5.41, 5.74) is 2.99. The van der Waals surface area contributed by atoms with Crippen molar-refractivity contribution in [1.82, 2.24) is 5.32 Å². The molecule has 0 aromatic heterocycles. The largest absolute Gasteiger partial charge is 0.465 e. The molecule has 1 fully saturated rings. The number of ether oxygens (including phenoxy) is 1. The first-order chi connectivity index (χ1) is 8.22. The Morgan fingerprint density at radius 1 is 1.47 bits per heavy atom. The zero-order valence-corrected chi connectivity index (χ0v) is 10.5. The second kappa shape index (κ2) is 5.32. The van der Waals surface area contributed by atoms with E-state index in [4.69, 9.17) is 4.74 Å². The monoisotopic (exact) mass is 233 g/mol. The third kappa shape index (κ3) is 2.67. The lowest BCUT2D eigenvalue weighted by molar-refractivity contribution is 0.0600. The van der Waals surface area contributed by atoms with E-state index in [1.54, 1.807) is 0 Å². The maximum Gasteiger partial charge on any atom is 0.338 e. The van der Waals surface area contributed by atoms with Gasteiger partial charge in [-0.1, -0.05) is 12.1 Å². The predicted octanol–water partition coefficient (Wildman–Crippen LogP) is 2.25. The molecule has 3 heteroatoms. The summed E-state index contributed by atoms with van der Waals surface area (Å²) < 4.78 is 4.75. The van der Waals surface area contributed by atoms with Crippen molar-refractivity contribution < 1.29 is 9.53 Å². The normalized spacial score (nSPS) is 20.0. The van der Waals surface area contributed by atoms with Crippen LogP contribution in [0.2, 0.25) is 0 Å². The van der Waals surface area contributed by atoms with Gasteiger partial charge in [-0.15, -0.1) is 0 Å². The first-order valence-corrected chi connectivity index (χ1v) is 6.12. The molecule has 1 aromatic carbocycles. The molecule has 1 aliphatic rings. The highest BCUT2D eigenvalue weighted by atomic mass is 16.5. The molecule has 1 heterocycles. The summed E-state index contributed by atoms with van der Waals surface area (Å²) in [5, 5.41) is 3.41. The molecule has 1 saturated heterocycles. The van der Waals surface area contributed by atoms with Crippen LogP contribution in [0.5, 0.6) is 0 Å². The average molecular weight is 233 g/mol. The van der Waals surface area contributed by atoms with E-state index < -0.39 is 0 Å². The number of carbonyl (C=O) groups excluding carboxylic acids is 1. The first-order valence-electron chi connectivity index (χ1n) is 6.12. The van der Waals surface area contributed by atoms with Gasteiger partial charge in [-0.2, -0.15) is 0 Å². The number of hydrogen-bond acceptors (Lipinski definition) is 3. The Hall–Kier alpha value is -1.35. The summed E-state index contributed by atoms with van der Waals surface area (Å²) >= 11 is 0. The second-order valence-corrected chi connectivity index (χ2v) is 4.61. The Balaban J connectivity index is 2.20. The van der Waals surface area contributed by atoms with Gasteiger partial charge in [0.25, 0.3) is 0 Å². The van der Waals surface area contributed by atoms with Gasteiger partial charge >= 0.3 is 5.97 Å². The molecule has 2 rings (SSSR count). The van der Waals surface area contributed by atoms with Crippen molar-refractivity contribution in [3.05, 3.63) is 34.9 Å². The minimum atomic E-state index is -0.254. The van der Waals surface area contributed by atoms with Crippen molar-refractivity contribution in [2.24, 2.45) is 0 Å². The van der Waals surface area contributed by atoms with Gasteiger partial charge in [-0.25, -0.2) is 4.79 Å². The van der Waals surface area contributed by atoms with Crippen LogP contribution in [-0.2, 0) is 4.74 Å². The Bertz CT molecular complexity index is 409. The van der Waals surface area contributed by atoms with E-state index in [0.717, 1.165) is 18.7 Å². The summed E-state index contributed by atoms with van der Waals surface area (Å²) in [7, 11) is 1.42. The van der Waals surface area contributed by atoms with Gasteiger partial charge in [-0.3, -0.25) is 0 Å². The van der Waals surface area contributed by atoms with E-state index in [9.17, 15) is 4.79 Å². The number of rotatable bonds is 2. The molecule has 3 nitrogen and oxygen atoms in total. The highest BCUT2D eigenvalue weighted by Gasteiger charge is 2.17. The lowest BCUT2D eigenvalue weighted by Gasteiger charge is -2.23. The van der Waals surface area contributed by atoms with Gasteiger partial charge in [0.05, 0.1) is 12.7 Å². The third-order valence-corrected chi connectivity index (χ3v) is 3.42. The fraction of sp³-hybridized carbons (Fsp3) is 0.500. The number of esters is 1. The van der Waals surface area contributed by atoms with Gasteiger partial charge in [0.2, 0.25) is 0 Å². The highest BCUT2D eigenvalue weighted by Crippen LogP contribution is 2.25. The zero-order valence-electron chi connectivity index (χ0n) is 10.5. The molecule has 0 aliphatic carbocycles. The van der Waals surface area contributed by atoms with E-state index in [0.29, 0.717) is 11.5 Å². The van der Waals surface area contributed by atoms with Crippen LogP contribution in [0, 0.1) is 6.92 Å². The summed E-state index contributed by atoms with van der Waals surface area (Å²) in [6, 6.07) is 6.05. The summed E-state index contributed by atoms with van der Waals surface area (Å²) in [4.78, 5) is 11.5. The SMILES string of the molecule is COC(=O)c1ccc(C2CCCNC2)cc1C. The molecule has 0 spiro atoms. The van der Waals surface area contributed by atoms with Crippen LogP contribution in [-0.4, -0.2) is 26.2 Å². The maximum atomic E-state index is 11.5. The van der Waals surface area contributed by atoms with Crippen molar-refractivity contribution in [3.63, 3.8) is 0 Å². The molecule has 0 bridgehead atoms.